The van der Waals surface area contributed by atoms with E-state index in [2.05, 4.69) is 5.32 Å². The van der Waals surface area contributed by atoms with Crippen LogP contribution in [0.15, 0.2) is 0 Å². The third-order valence-corrected chi connectivity index (χ3v) is 2.62. The topological polar surface area (TPSA) is 69.6 Å². The summed E-state index contributed by atoms with van der Waals surface area (Å²) in [5, 5.41) is 21.4. The molecule has 1 rings (SSSR count). The molecule has 82 valence electrons. The lowest BCUT2D eigenvalue weighted by atomic mass is 9.98. The summed E-state index contributed by atoms with van der Waals surface area (Å²) in [7, 11) is 0. The van der Waals surface area contributed by atoms with Crippen LogP contribution in [-0.4, -0.2) is 34.4 Å². The van der Waals surface area contributed by atoms with Crippen LogP contribution in [0.4, 0.5) is 0 Å². The summed E-state index contributed by atoms with van der Waals surface area (Å²) in [6, 6.07) is 0. The number of rotatable bonds is 4. The molecular formula is C10H19NO3. The Morgan fingerprint density at radius 1 is 1.50 bits per heavy atom. The number of hydrogen-bond donors (Lipinski definition) is 3. The number of amides is 1. The Morgan fingerprint density at radius 2 is 2.07 bits per heavy atom. The Bertz CT molecular complexity index is 198. The first-order valence-electron chi connectivity index (χ1n) is 5.19. The molecule has 0 aromatic carbocycles. The number of hydrogen-bond acceptors (Lipinski definition) is 3. The standard InChI is InChI=1S/C10H19NO3/c1-8(12)7-11-9(13)6-10(14)4-2-3-5-10/h8,12,14H,2-7H2,1H3,(H,11,13). The van der Waals surface area contributed by atoms with Crippen molar-refractivity contribution < 1.29 is 15.0 Å². The summed E-state index contributed by atoms with van der Waals surface area (Å²) in [6.45, 7) is 1.87. The fraction of sp³-hybridized carbons (Fsp3) is 0.900. The lowest BCUT2D eigenvalue weighted by Crippen LogP contribution is -2.37. The van der Waals surface area contributed by atoms with E-state index >= 15 is 0 Å². The number of aliphatic hydroxyl groups excluding tert-OH is 1. The highest BCUT2D eigenvalue weighted by Crippen LogP contribution is 2.31. The van der Waals surface area contributed by atoms with Gasteiger partial charge in [0.05, 0.1) is 18.1 Å². The third-order valence-electron chi connectivity index (χ3n) is 2.62. The van der Waals surface area contributed by atoms with Crippen molar-refractivity contribution in [3.05, 3.63) is 0 Å². The zero-order valence-corrected chi connectivity index (χ0v) is 8.62. The second-order valence-electron chi connectivity index (χ2n) is 4.26. The van der Waals surface area contributed by atoms with E-state index in [1.807, 2.05) is 0 Å². The van der Waals surface area contributed by atoms with Crippen LogP contribution in [0.2, 0.25) is 0 Å². The molecule has 0 aliphatic heterocycles. The molecule has 1 aliphatic carbocycles. The molecule has 0 spiro atoms. The van der Waals surface area contributed by atoms with Crippen molar-refractivity contribution in [2.45, 2.75) is 50.7 Å². The largest absolute Gasteiger partial charge is 0.392 e. The molecule has 1 atom stereocenters. The average Bonchev–Trinajstić information content (AvgIpc) is 2.48. The van der Waals surface area contributed by atoms with Gasteiger partial charge in [0.15, 0.2) is 0 Å². The first kappa shape index (κ1) is 11.5. The fourth-order valence-corrected chi connectivity index (χ4v) is 1.83. The molecular weight excluding hydrogens is 182 g/mol. The van der Waals surface area contributed by atoms with Gasteiger partial charge in [-0.15, -0.1) is 0 Å². The van der Waals surface area contributed by atoms with Gasteiger partial charge >= 0.3 is 0 Å². The third kappa shape index (κ3) is 3.64. The van der Waals surface area contributed by atoms with Gasteiger partial charge in [0, 0.05) is 6.54 Å². The Morgan fingerprint density at radius 3 is 2.57 bits per heavy atom. The van der Waals surface area contributed by atoms with Gasteiger partial charge in [-0.25, -0.2) is 0 Å². The molecule has 0 bridgehead atoms. The van der Waals surface area contributed by atoms with Gasteiger partial charge in [-0.2, -0.15) is 0 Å². The maximum absolute atomic E-state index is 11.3. The van der Waals surface area contributed by atoms with E-state index in [9.17, 15) is 9.90 Å². The highest BCUT2D eigenvalue weighted by atomic mass is 16.3. The fourth-order valence-electron chi connectivity index (χ4n) is 1.83. The lowest BCUT2D eigenvalue weighted by molar-refractivity contribution is -0.126. The van der Waals surface area contributed by atoms with Gasteiger partial charge < -0.3 is 15.5 Å². The molecule has 0 saturated heterocycles. The molecule has 0 aromatic rings. The van der Waals surface area contributed by atoms with Crippen LogP contribution >= 0.6 is 0 Å². The monoisotopic (exact) mass is 201 g/mol. The molecule has 4 nitrogen and oxygen atoms in total. The minimum atomic E-state index is -0.789. The van der Waals surface area contributed by atoms with Crippen molar-refractivity contribution in [3.63, 3.8) is 0 Å². The maximum atomic E-state index is 11.3. The van der Waals surface area contributed by atoms with Gasteiger partial charge in [0.25, 0.3) is 0 Å². The van der Waals surface area contributed by atoms with Crippen molar-refractivity contribution >= 4 is 5.91 Å². The van der Waals surface area contributed by atoms with Crippen molar-refractivity contribution in [1.82, 2.24) is 5.32 Å². The van der Waals surface area contributed by atoms with Crippen molar-refractivity contribution in [1.29, 1.82) is 0 Å². The van der Waals surface area contributed by atoms with Crippen LogP contribution in [0.5, 0.6) is 0 Å². The zero-order valence-electron chi connectivity index (χ0n) is 8.62. The number of aliphatic hydroxyl groups is 2. The maximum Gasteiger partial charge on any atom is 0.222 e. The van der Waals surface area contributed by atoms with Crippen molar-refractivity contribution in [2.75, 3.05) is 6.54 Å². The number of carbonyl (C=O) groups excluding carboxylic acids is 1. The highest BCUT2D eigenvalue weighted by Gasteiger charge is 2.33. The van der Waals surface area contributed by atoms with Crippen LogP contribution < -0.4 is 5.32 Å². The quantitative estimate of drug-likeness (QED) is 0.607. The number of nitrogens with one attached hydrogen (secondary N) is 1. The van der Waals surface area contributed by atoms with Crippen LogP contribution in [0.3, 0.4) is 0 Å². The average molecular weight is 201 g/mol. The smallest absolute Gasteiger partial charge is 0.222 e. The summed E-state index contributed by atoms with van der Waals surface area (Å²) in [5.41, 5.74) is -0.789. The molecule has 1 saturated carbocycles. The summed E-state index contributed by atoms with van der Waals surface area (Å²) >= 11 is 0. The molecule has 0 heterocycles. The van der Waals surface area contributed by atoms with Gasteiger partial charge in [-0.05, 0) is 19.8 Å². The molecule has 1 amide bonds. The van der Waals surface area contributed by atoms with Gasteiger partial charge in [0.2, 0.25) is 5.91 Å². The van der Waals surface area contributed by atoms with Crippen LogP contribution in [-0.2, 0) is 4.79 Å². The summed E-state index contributed by atoms with van der Waals surface area (Å²) in [4.78, 5) is 11.3. The Hall–Kier alpha value is -0.610. The van der Waals surface area contributed by atoms with E-state index in [0.717, 1.165) is 25.7 Å². The van der Waals surface area contributed by atoms with Gasteiger partial charge in [-0.3, -0.25) is 4.79 Å². The van der Waals surface area contributed by atoms with Gasteiger partial charge in [-0.1, -0.05) is 12.8 Å². The molecule has 1 aliphatic rings. The van der Waals surface area contributed by atoms with E-state index in [1.54, 1.807) is 6.92 Å². The van der Waals surface area contributed by atoms with Gasteiger partial charge in [0.1, 0.15) is 0 Å². The highest BCUT2D eigenvalue weighted by molar-refractivity contribution is 5.77. The van der Waals surface area contributed by atoms with Crippen LogP contribution in [0.25, 0.3) is 0 Å². The van der Waals surface area contributed by atoms with E-state index in [4.69, 9.17) is 5.11 Å². The second kappa shape index (κ2) is 4.75. The molecule has 4 heteroatoms. The van der Waals surface area contributed by atoms with E-state index in [1.165, 1.54) is 0 Å². The van der Waals surface area contributed by atoms with Crippen molar-refractivity contribution in [2.24, 2.45) is 0 Å². The summed E-state index contributed by atoms with van der Waals surface area (Å²) in [6.07, 6.45) is 3.07. The van der Waals surface area contributed by atoms with Crippen LogP contribution in [0.1, 0.15) is 39.0 Å². The minimum Gasteiger partial charge on any atom is -0.392 e. The number of carbonyl (C=O) groups is 1. The predicted molar refractivity (Wildman–Crippen MR) is 52.7 cm³/mol. The molecule has 1 fully saturated rings. The Kier molecular flexibility index (Phi) is 3.89. The lowest BCUT2D eigenvalue weighted by Gasteiger charge is -2.21. The summed E-state index contributed by atoms with van der Waals surface area (Å²) < 4.78 is 0. The Balaban J connectivity index is 2.25. The van der Waals surface area contributed by atoms with E-state index in [-0.39, 0.29) is 18.9 Å². The normalized spacial score (nSPS) is 21.9. The molecule has 14 heavy (non-hydrogen) atoms. The summed E-state index contributed by atoms with van der Waals surface area (Å²) in [5.74, 6) is -0.171. The molecule has 3 N–H and O–H groups in total. The first-order chi connectivity index (χ1) is 6.52. The first-order valence-corrected chi connectivity index (χ1v) is 5.19. The molecule has 0 aromatic heterocycles. The van der Waals surface area contributed by atoms with E-state index < -0.39 is 11.7 Å². The zero-order chi connectivity index (χ0) is 10.6. The minimum absolute atomic E-state index is 0.166. The predicted octanol–water partition coefficient (Wildman–Crippen LogP) is 0.179. The SMILES string of the molecule is CC(O)CNC(=O)CC1(O)CCCC1. The molecule has 1 unspecified atom stereocenters. The molecule has 0 radical (unpaired) electrons. The second-order valence-corrected chi connectivity index (χ2v) is 4.26. The van der Waals surface area contributed by atoms with Crippen LogP contribution in [0, 0.1) is 0 Å². The van der Waals surface area contributed by atoms with Crippen molar-refractivity contribution in [3.8, 4) is 0 Å². The van der Waals surface area contributed by atoms with E-state index in [0.29, 0.717) is 0 Å². The Labute approximate surface area is 84.3 Å².